The monoisotopic (exact) mass is 431 g/mol. The molecule has 7 nitrogen and oxygen atoms in total. The Balaban J connectivity index is 1.65. The highest BCUT2D eigenvalue weighted by atomic mass is 32.2. The summed E-state index contributed by atoms with van der Waals surface area (Å²) in [6, 6.07) is 14.3. The van der Waals surface area contributed by atoms with Crippen LogP contribution in [0.2, 0.25) is 0 Å². The fourth-order valence-electron chi connectivity index (χ4n) is 3.39. The van der Waals surface area contributed by atoms with Gasteiger partial charge in [-0.2, -0.15) is 0 Å². The minimum absolute atomic E-state index is 0.304. The van der Waals surface area contributed by atoms with Gasteiger partial charge in [0.15, 0.2) is 0 Å². The van der Waals surface area contributed by atoms with E-state index >= 15 is 0 Å². The van der Waals surface area contributed by atoms with E-state index in [0.29, 0.717) is 23.7 Å². The summed E-state index contributed by atoms with van der Waals surface area (Å²) in [5.41, 5.74) is 2.19. The summed E-state index contributed by atoms with van der Waals surface area (Å²) < 4.78 is 31.2. The van der Waals surface area contributed by atoms with Crippen LogP contribution in [0.25, 0.3) is 0 Å². The third kappa shape index (κ3) is 5.89. The third-order valence-corrected chi connectivity index (χ3v) is 6.05. The Labute approximate surface area is 178 Å². The molecule has 162 valence electrons. The van der Waals surface area contributed by atoms with Crippen molar-refractivity contribution in [2.75, 3.05) is 47.0 Å². The van der Waals surface area contributed by atoms with Gasteiger partial charge in [0.2, 0.25) is 15.9 Å². The van der Waals surface area contributed by atoms with Crippen molar-refractivity contribution in [3.63, 3.8) is 0 Å². The normalized spacial score (nSPS) is 13.9. The molecule has 1 heterocycles. The zero-order valence-corrected chi connectivity index (χ0v) is 18.3. The molecule has 8 heteroatoms. The smallest absolute Gasteiger partial charge is 0.245 e. The van der Waals surface area contributed by atoms with Gasteiger partial charge in [0.25, 0.3) is 0 Å². The van der Waals surface area contributed by atoms with Gasteiger partial charge in [-0.3, -0.25) is 9.10 Å². The van der Waals surface area contributed by atoms with Crippen LogP contribution >= 0.6 is 0 Å². The predicted molar refractivity (Wildman–Crippen MR) is 121 cm³/mol. The van der Waals surface area contributed by atoms with E-state index in [1.807, 2.05) is 31.2 Å². The molecule has 1 N–H and O–H groups in total. The molecule has 0 spiro atoms. The first-order valence-electron chi connectivity index (χ1n) is 10.2. The first kappa shape index (κ1) is 22.0. The Morgan fingerprint density at radius 1 is 1.07 bits per heavy atom. The molecule has 1 aliphatic heterocycles. The largest absolute Gasteiger partial charge is 0.494 e. The number of rotatable bonds is 9. The molecule has 0 aromatic heterocycles. The van der Waals surface area contributed by atoms with Gasteiger partial charge in [0.05, 0.1) is 18.6 Å². The number of sulfonamides is 1. The molecule has 0 bridgehead atoms. The van der Waals surface area contributed by atoms with Crippen LogP contribution in [-0.2, 0) is 14.8 Å². The second-order valence-corrected chi connectivity index (χ2v) is 9.31. The van der Waals surface area contributed by atoms with E-state index in [4.69, 9.17) is 4.74 Å². The minimum Gasteiger partial charge on any atom is -0.494 e. The maximum atomic E-state index is 12.5. The molecule has 1 saturated heterocycles. The van der Waals surface area contributed by atoms with Crippen molar-refractivity contribution in [3.05, 3.63) is 48.5 Å². The first-order valence-corrected chi connectivity index (χ1v) is 12.1. The Hall–Kier alpha value is -2.74. The number of hydrogen-bond donors (Lipinski definition) is 1. The lowest BCUT2D eigenvalue weighted by Crippen LogP contribution is -2.37. The second kappa shape index (κ2) is 9.84. The highest BCUT2D eigenvalue weighted by Gasteiger charge is 2.21. The fourth-order valence-corrected chi connectivity index (χ4v) is 4.25. The Morgan fingerprint density at radius 3 is 2.27 bits per heavy atom. The number of nitrogens with zero attached hydrogens (tertiary/aromatic N) is 2. The highest BCUT2D eigenvalue weighted by Crippen LogP contribution is 2.23. The summed E-state index contributed by atoms with van der Waals surface area (Å²) in [5, 5.41) is 2.78. The van der Waals surface area contributed by atoms with Crippen LogP contribution in [0.4, 0.5) is 17.1 Å². The molecule has 0 unspecified atom stereocenters. The first-order chi connectivity index (χ1) is 14.4. The Morgan fingerprint density at radius 2 is 1.70 bits per heavy atom. The highest BCUT2D eigenvalue weighted by molar-refractivity contribution is 7.92. The van der Waals surface area contributed by atoms with Crippen LogP contribution in [0, 0.1) is 0 Å². The lowest BCUT2D eigenvalue weighted by atomic mass is 10.2. The van der Waals surface area contributed by atoms with E-state index in [9.17, 15) is 13.2 Å². The predicted octanol–water partition coefficient (Wildman–Crippen LogP) is 3.48. The average molecular weight is 432 g/mol. The summed E-state index contributed by atoms with van der Waals surface area (Å²) in [7, 11) is -3.63. The standard InChI is InChI=1S/C22H29N3O4S/c1-3-16-29-21-12-10-20(11-13-21)25(30(2,27)28)17-22(26)23-18-6-8-19(9-7-18)24-14-4-5-15-24/h6-13H,3-5,14-17H2,1-2H3,(H,23,26). The summed E-state index contributed by atoms with van der Waals surface area (Å²) in [5.74, 6) is 0.261. The minimum atomic E-state index is -3.63. The van der Waals surface area contributed by atoms with Gasteiger partial charge in [-0.25, -0.2) is 8.42 Å². The quantitative estimate of drug-likeness (QED) is 0.658. The van der Waals surface area contributed by atoms with Crippen LogP contribution in [0.5, 0.6) is 5.75 Å². The summed E-state index contributed by atoms with van der Waals surface area (Å²) in [6.45, 7) is 4.41. The summed E-state index contributed by atoms with van der Waals surface area (Å²) in [6.07, 6.45) is 4.38. The van der Waals surface area contributed by atoms with Crippen LogP contribution in [-0.4, -0.2) is 46.8 Å². The van der Waals surface area contributed by atoms with Gasteiger partial charge in [-0.05, 0) is 67.8 Å². The van der Waals surface area contributed by atoms with Gasteiger partial charge < -0.3 is 15.0 Å². The van der Waals surface area contributed by atoms with E-state index in [2.05, 4.69) is 10.2 Å². The van der Waals surface area contributed by atoms with Crippen molar-refractivity contribution < 1.29 is 17.9 Å². The molecule has 1 fully saturated rings. The van der Waals surface area contributed by atoms with Crippen molar-refractivity contribution in [2.24, 2.45) is 0 Å². The number of ether oxygens (including phenoxy) is 1. The van der Waals surface area contributed by atoms with Crippen molar-refractivity contribution in [1.29, 1.82) is 0 Å². The molecule has 1 aliphatic rings. The number of benzene rings is 2. The molecule has 0 atom stereocenters. The van der Waals surface area contributed by atoms with E-state index < -0.39 is 15.9 Å². The third-order valence-electron chi connectivity index (χ3n) is 4.91. The van der Waals surface area contributed by atoms with Crippen molar-refractivity contribution in [3.8, 4) is 5.75 Å². The zero-order chi connectivity index (χ0) is 21.6. The number of carbonyl (C=O) groups is 1. The van der Waals surface area contributed by atoms with E-state index in [0.717, 1.165) is 35.8 Å². The van der Waals surface area contributed by atoms with Gasteiger partial charge in [0, 0.05) is 24.5 Å². The van der Waals surface area contributed by atoms with Gasteiger partial charge >= 0.3 is 0 Å². The molecule has 2 aromatic rings. The van der Waals surface area contributed by atoms with Crippen molar-refractivity contribution in [1.82, 2.24) is 0 Å². The average Bonchev–Trinajstić information content (AvgIpc) is 3.26. The number of nitrogens with one attached hydrogen (secondary N) is 1. The molecular weight excluding hydrogens is 402 g/mol. The SMILES string of the molecule is CCCOc1ccc(N(CC(=O)Nc2ccc(N3CCCC3)cc2)S(C)(=O)=O)cc1. The topological polar surface area (TPSA) is 79.0 Å². The molecule has 30 heavy (non-hydrogen) atoms. The van der Waals surface area contributed by atoms with E-state index in [1.165, 1.54) is 12.8 Å². The molecule has 1 amide bonds. The van der Waals surface area contributed by atoms with Crippen LogP contribution < -0.4 is 19.3 Å². The fraction of sp³-hybridized carbons (Fsp3) is 0.409. The number of amides is 1. The van der Waals surface area contributed by atoms with Crippen molar-refractivity contribution >= 4 is 33.0 Å². The lowest BCUT2D eigenvalue weighted by molar-refractivity contribution is -0.114. The molecule has 0 saturated carbocycles. The lowest BCUT2D eigenvalue weighted by Gasteiger charge is -2.22. The maximum Gasteiger partial charge on any atom is 0.245 e. The molecule has 0 radical (unpaired) electrons. The second-order valence-electron chi connectivity index (χ2n) is 7.40. The molecular formula is C22H29N3O4S. The number of hydrogen-bond acceptors (Lipinski definition) is 5. The molecule has 2 aromatic carbocycles. The molecule has 0 aliphatic carbocycles. The Kier molecular flexibility index (Phi) is 7.20. The van der Waals surface area contributed by atoms with Gasteiger partial charge in [-0.1, -0.05) is 6.92 Å². The van der Waals surface area contributed by atoms with Crippen molar-refractivity contribution in [2.45, 2.75) is 26.2 Å². The zero-order valence-electron chi connectivity index (χ0n) is 17.5. The number of carbonyl (C=O) groups excluding carboxylic acids is 1. The van der Waals surface area contributed by atoms with Crippen LogP contribution in [0.1, 0.15) is 26.2 Å². The van der Waals surface area contributed by atoms with Gasteiger partial charge in [0.1, 0.15) is 12.3 Å². The maximum absolute atomic E-state index is 12.5. The van der Waals surface area contributed by atoms with Gasteiger partial charge in [-0.15, -0.1) is 0 Å². The van der Waals surface area contributed by atoms with E-state index in [1.54, 1.807) is 24.3 Å². The number of anilines is 3. The van der Waals surface area contributed by atoms with E-state index in [-0.39, 0.29) is 6.54 Å². The summed E-state index contributed by atoms with van der Waals surface area (Å²) in [4.78, 5) is 14.9. The van der Waals surface area contributed by atoms with Crippen LogP contribution in [0.15, 0.2) is 48.5 Å². The van der Waals surface area contributed by atoms with Crippen LogP contribution in [0.3, 0.4) is 0 Å². The molecule has 3 rings (SSSR count). The Bertz CT molecular complexity index is 937. The summed E-state index contributed by atoms with van der Waals surface area (Å²) >= 11 is 0.